The number of aromatic nitrogens is 1. The van der Waals surface area contributed by atoms with Crippen molar-refractivity contribution in [2.24, 2.45) is 11.8 Å². The molecule has 0 spiro atoms. The minimum absolute atomic E-state index is 0.107. The van der Waals surface area contributed by atoms with Gasteiger partial charge in [-0.3, -0.25) is 14.9 Å². The predicted octanol–water partition coefficient (Wildman–Crippen LogP) is 2.66. The fourth-order valence-corrected chi connectivity index (χ4v) is 3.56. The fourth-order valence-electron chi connectivity index (χ4n) is 3.56. The molecule has 1 aromatic rings. The van der Waals surface area contributed by atoms with E-state index in [-0.39, 0.29) is 17.7 Å². The number of carbonyl (C=O) groups excluding carboxylic acids is 2. The van der Waals surface area contributed by atoms with E-state index in [1.54, 1.807) is 0 Å². The maximum Gasteiger partial charge on any atom is 0.234 e. The van der Waals surface area contributed by atoms with Crippen LogP contribution < -0.4 is 5.32 Å². The molecule has 1 unspecified atom stereocenters. The smallest absolute Gasteiger partial charge is 0.234 e. The Morgan fingerprint density at radius 3 is 2.57 bits per heavy atom. The molecule has 6 heteroatoms. The van der Waals surface area contributed by atoms with Gasteiger partial charge in [-0.05, 0) is 45.4 Å². The zero-order valence-corrected chi connectivity index (χ0v) is 14.1. The zero-order valence-electron chi connectivity index (χ0n) is 14.1. The number of aryl methyl sites for hydroxylation is 1. The first kappa shape index (κ1) is 16.0. The van der Waals surface area contributed by atoms with Crippen LogP contribution in [0.2, 0.25) is 0 Å². The van der Waals surface area contributed by atoms with Crippen molar-refractivity contribution in [1.82, 2.24) is 10.1 Å². The SMILES string of the molecule is Cc1noc(NC(=O)C2CC(=O)N(C3CCC(C)CC3)C2)c1C. The molecule has 6 nitrogen and oxygen atoms in total. The van der Waals surface area contributed by atoms with Crippen LogP contribution in [0, 0.1) is 25.7 Å². The van der Waals surface area contributed by atoms with Crippen LogP contribution in [0.3, 0.4) is 0 Å². The van der Waals surface area contributed by atoms with E-state index in [0.717, 1.165) is 30.0 Å². The van der Waals surface area contributed by atoms with Crippen LogP contribution >= 0.6 is 0 Å². The largest absolute Gasteiger partial charge is 0.339 e. The second-order valence-electron chi connectivity index (χ2n) is 7.07. The van der Waals surface area contributed by atoms with Gasteiger partial charge in [-0.25, -0.2) is 0 Å². The number of nitrogens with one attached hydrogen (secondary N) is 1. The number of hydrogen-bond donors (Lipinski definition) is 1. The molecule has 2 heterocycles. The molecule has 126 valence electrons. The lowest BCUT2D eigenvalue weighted by molar-refractivity contribution is -0.130. The van der Waals surface area contributed by atoms with Crippen molar-refractivity contribution in [2.45, 2.75) is 58.9 Å². The normalized spacial score (nSPS) is 28.2. The molecule has 0 bridgehead atoms. The molecule has 1 saturated carbocycles. The lowest BCUT2D eigenvalue weighted by Gasteiger charge is -2.33. The van der Waals surface area contributed by atoms with Gasteiger partial charge in [-0.1, -0.05) is 12.1 Å². The Bertz CT molecular complexity index is 602. The summed E-state index contributed by atoms with van der Waals surface area (Å²) >= 11 is 0. The van der Waals surface area contributed by atoms with Crippen LogP contribution in [0.4, 0.5) is 5.88 Å². The summed E-state index contributed by atoms with van der Waals surface area (Å²) in [6, 6.07) is 0.311. The summed E-state index contributed by atoms with van der Waals surface area (Å²) in [6.45, 7) is 6.48. The molecule has 1 aliphatic carbocycles. The molecule has 1 atom stereocenters. The van der Waals surface area contributed by atoms with Crippen LogP contribution in [0.5, 0.6) is 0 Å². The molecule has 3 rings (SSSR count). The van der Waals surface area contributed by atoms with Crippen LogP contribution in [0.15, 0.2) is 4.52 Å². The number of nitrogens with zero attached hydrogens (tertiary/aromatic N) is 2. The minimum atomic E-state index is -0.299. The minimum Gasteiger partial charge on any atom is -0.339 e. The van der Waals surface area contributed by atoms with Crippen LogP contribution in [-0.2, 0) is 9.59 Å². The van der Waals surface area contributed by atoms with E-state index < -0.39 is 0 Å². The molecule has 0 aromatic carbocycles. The van der Waals surface area contributed by atoms with Crippen molar-refractivity contribution in [3.63, 3.8) is 0 Å². The van der Waals surface area contributed by atoms with E-state index in [9.17, 15) is 9.59 Å². The summed E-state index contributed by atoms with van der Waals surface area (Å²) < 4.78 is 5.13. The highest BCUT2D eigenvalue weighted by atomic mass is 16.5. The lowest BCUT2D eigenvalue weighted by atomic mass is 9.87. The molecule has 2 amide bonds. The van der Waals surface area contributed by atoms with Crippen LogP contribution in [0.25, 0.3) is 0 Å². The van der Waals surface area contributed by atoms with E-state index in [1.807, 2.05) is 18.7 Å². The highest BCUT2D eigenvalue weighted by Gasteiger charge is 2.39. The van der Waals surface area contributed by atoms with E-state index in [4.69, 9.17) is 4.52 Å². The van der Waals surface area contributed by atoms with Crippen molar-refractivity contribution in [2.75, 3.05) is 11.9 Å². The second-order valence-corrected chi connectivity index (χ2v) is 7.07. The second kappa shape index (κ2) is 6.34. The third-order valence-electron chi connectivity index (χ3n) is 5.35. The van der Waals surface area contributed by atoms with Gasteiger partial charge in [-0.15, -0.1) is 0 Å². The monoisotopic (exact) mass is 319 g/mol. The summed E-state index contributed by atoms with van der Waals surface area (Å²) in [5, 5.41) is 6.62. The summed E-state index contributed by atoms with van der Waals surface area (Å²) in [5.74, 6) is 0.803. The van der Waals surface area contributed by atoms with Crippen molar-refractivity contribution in [3.05, 3.63) is 11.3 Å². The number of carbonyl (C=O) groups is 2. The first-order valence-electron chi connectivity index (χ1n) is 8.49. The average molecular weight is 319 g/mol. The molecule has 1 aromatic heterocycles. The number of rotatable bonds is 3. The predicted molar refractivity (Wildman–Crippen MR) is 85.8 cm³/mol. The molecule has 2 aliphatic rings. The van der Waals surface area contributed by atoms with Crippen molar-refractivity contribution < 1.29 is 14.1 Å². The van der Waals surface area contributed by atoms with Crippen LogP contribution in [-0.4, -0.2) is 34.5 Å². The zero-order chi connectivity index (χ0) is 16.6. The first-order valence-corrected chi connectivity index (χ1v) is 8.49. The molecule has 23 heavy (non-hydrogen) atoms. The quantitative estimate of drug-likeness (QED) is 0.929. The highest BCUT2D eigenvalue weighted by Crippen LogP contribution is 2.31. The first-order chi connectivity index (χ1) is 11.0. The van der Waals surface area contributed by atoms with Gasteiger partial charge in [0, 0.05) is 24.6 Å². The van der Waals surface area contributed by atoms with Gasteiger partial charge in [0.1, 0.15) is 0 Å². The van der Waals surface area contributed by atoms with E-state index >= 15 is 0 Å². The fraction of sp³-hybridized carbons (Fsp3) is 0.706. The maximum atomic E-state index is 12.4. The molecule has 1 N–H and O–H groups in total. The summed E-state index contributed by atoms with van der Waals surface area (Å²) in [5.41, 5.74) is 1.60. The van der Waals surface area contributed by atoms with Crippen molar-refractivity contribution in [3.8, 4) is 0 Å². The molecular formula is C17H25N3O3. The Kier molecular flexibility index (Phi) is 4.41. The molecule has 1 aliphatic heterocycles. The van der Waals surface area contributed by atoms with Gasteiger partial charge in [0.05, 0.1) is 11.6 Å². The van der Waals surface area contributed by atoms with Gasteiger partial charge in [0.25, 0.3) is 0 Å². The van der Waals surface area contributed by atoms with Crippen molar-refractivity contribution in [1.29, 1.82) is 0 Å². The maximum absolute atomic E-state index is 12.4. The molecule has 0 radical (unpaired) electrons. The number of amides is 2. The Morgan fingerprint density at radius 2 is 1.96 bits per heavy atom. The van der Waals surface area contributed by atoms with Crippen LogP contribution in [0.1, 0.15) is 50.3 Å². The Labute approximate surface area is 136 Å². The summed E-state index contributed by atoms with van der Waals surface area (Å²) in [6.07, 6.45) is 4.75. The lowest BCUT2D eigenvalue weighted by Crippen LogP contribution is -2.39. The third kappa shape index (κ3) is 3.26. The average Bonchev–Trinajstić information content (AvgIpc) is 3.06. The third-order valence-corrected chi connectivity index (χ3v) is 5.35. The topological polar surface area (TPSA) is 75.4 Å². The highest BCUT2D eigenvalue weighted by molar-refractivity contribution is 5.96. The standard InChI is InChI=1S/C17H25N3O3/c1-10-4-6-14(7-5-10)20-9-13(8-15(20)21)16(22)18-17-11(2)12(3)19-23-17/h10,13-14H,4-9H2,1-3H3,(H,18,22). The van der Waals surface area contributed by atoms with E-state index in [0.29, 0.717) is 24.9 Å². The molecule has 1 saturated heterocycles. The summed E-state index contributed by atoms with van der Waals surface area (Å²) in [7, 11) is 0. The molecule has 2 fully saturated rings. The Morgan fingerprint density at radius 1 is 1.26 bits per heavy atom. The molecular weight excluding hydrogens is 294 g/mol. The van der Waals surface area contributed by atoms with Gasteiger partial charge in [-0.2, -0.15) is 0 Å². The van der Waals surface area contributed by atoms with E-state index in [2.05, 4.69) is 17.4 Å². The Hall–Kier alpha value is -1.85. The Balaban J connectivity index is 1.60. The van der Waals surface area contributed by atoms with Gasteiger partial charge in [0.15, 0.2) is 0 Å². The number of hydrogen-bond acceptors (Lipinski definition) is 4. The van der Waals surface area contributed by atoms with E-state index in [1.165, 1.54) is 12.8 Å². The van der Waals surface area contributed by atoms with Gasteiger partial charge >= 0.3 is 0 Å². The van der Waals surface area contributed by atoms with Crippen molar-refractivity contribution >= 4 is 17.7 Å². The van der Waals surface area contributed by atoms with Gasteiger partial charge in [0.2, 0.25) is 17.7 Å². The summed E-state index contributed by atoms with van der Waals surface area (Å²) in [4.78, 5) is 26.7. The number of likely N-dealkylation sites (tertiary alicyclic amines) is 1. The number of anilines is 1. The van der Waals surface area contributed by atoms with Gasteiger partial charge < -0.3 is 9.42 Å².